The maximum atomic E-state index is 12.8. The third kappa shape index (κ3) is 5.49. The van der Waals surface area contributed by atoms with Gasteiger partial charge in [-0.3, -0.25) is 0 Å². The summed E-state index contributed by atoms with van der Waals surface area (Å²) in [5.41, 5.74) is 0. The van der Waals surface area contributed by atoms with Gasteiger partial charge >= 0.3 is 0 Å². The molecule has 0 saturated heterocycles. The number of aliphatic hydroxyl groups is 1. The smallest absolute Gasteiger partial charge is 0.123 e. The van der Waals surface area contributed by atoms with Crippen molar-refractivity contribution in [3.63, 3.8) is 0 Å². The monoisotopic (exact) mass is 313 g/mol. The van der Waals surface area contributed by atoms with E-state index in [9.17, 15) is 9.50 Å². The number of benzene rings is 1. The molecule has 0 aliphatic heterocycles. The number of hydrogen-bond donors (Lipinski definition) is 2. The first-order valence-electron chi connectivity index (χ1n) is 7.60. The predicted octanol–water partition coefficient (Wildman–Crippen LogP) is 2.83. The summed E-state index contributed by atoms with van der Waals surface area (Å²) < 4.78 is 18.2. The van der Waals surface area contributed by atoms with Gasteiger partial charge < -0.3 is 15.2 Å². The van der Waals surface area contributed by atoms with Gasteiger partial charge in [0.15, 0.2) is 0 Å². The van der Waals surface area contributed by atoms with E-state index in [2.05, 4.69) is 12.2 Å². The largest absolute Gasteiger partial charge is 0.491 e. The Bertz CT molecular complexity index is 415. The van der Waals surface area contributed by atoms with Crippen molar-refractivity contribution in [2.24, 2.45) is 0 Å². The summed E-state index contributed by atoms with van der Waals surface area (Å²) in [5, 5.41) is 14.1. The lowest BCUT2D eigenvalue weighted by molar-refractivity contribution is 0.104. The van der Waals surface area contributed by atoms with Gasteiger partial charge in [0, 0.05) is 17.8 Å². The Hall–Kier alpha value is -0.780. The van der Waals surface area contributed by atoms with Crippen molar-refractivity contribution in [3.05, 3.63) is 30.1 Å². The Morgan fingerprint density at radius 2 is 2.14 bits per heavy atom. The van der Waals surface area contributed by atoms with Gasteiger partial charge in [0.1, 0.15) is 24.3 Å². The highest BCUT2D eigenvalue weighted by Crippen LogP contribution is 2.29. The summed E-state index contributed by atoms with van der Waals surface area (Å²) >= 11 is 2.00. The number of nitrogens with one attached hydrogen (secondary N) is 1. The Balaban J connectivity index is 1.67. The third-order valence-corrected chi connectivity index (χ3v) is 5.03. The molecular formula is C16H24FNO2S. The lowest BCUT2D eigenvalue weighted by atomic mass is 10.2. The zero-order valence-corrected chi connectivity index (χ0v) is 13.2. The fraction of sp³-hybridized carbons (Fsp3) is 0.625. The van der Waals surface area contributed by atoms with Crippen LogP contribution in [-0.4, -0.2) is 41.4 Å². The van der Waals surface area contributed by atoms with E-state index in [1.165, 1.54) is 31.4 Å². The van der Waals surface area contributed by atoms with Gasteiger partial charge in [-0.1, -0.05) is 13.3 Å². The molecule has 0 aromatic heterocycles. The number of ether oxygens (including phenoxy) is 1. The van der Waals surface area contributed by atoms with Crippen LogP contribution in [0.4, 0.5) is 4.39 Å². The van der Waals surface area contributed by atoms with Crippen LogP contribution in [0.2, 0.25) is 0 Å². The first-order chi connectivity index (χ1) is 10.2. The second-order valence-corrected chi connectivity index (χ2v) is 6.87. The van der Waals surface area contributed by atoms with Crippen LogP contribution in [0.5, 0.6) is 5.75 Å². The van der Waals surface area contributed by atoms with Crippen molar-refractivity contribution in [2.75, 3.05) is 18.9 Å². The van der Waals surface area contributed by atoms with Gasteiger partial charge in [0.2, 0.25) is 0 Å². The SMILES string of the molecule is CCSC1CCCC1NCC(O)COc1ccc(F)cc1. The molecular weight excluding hydrogens is 289 g/mol. The zero-order valence-electron chi connectivity index (χ0n) is 12.4. The van der Waals surface area contributed by atoms with Gasteiger partial charge in [0.25, 0.3) is 0 Å². The molecule has 3 atom stereocenters. The molecule has 2 rings (SSSR count). The van der Waals surface area contributed by atoms with Crippen LogP contribution in [0.15, 0.2) is 24.3 Å². The van der Waals surface area contributed by atoms with E-state index in [1.807, 2.05) is 11.8 Å². The number of thioether (sulfide) groups is 1. The molecule has 1 aromatic carbocycles. The average molecular weight is 313 g/mol. The minimum Gasteiger partial charge on any atom is -0.491 e. The Morgan fingerprint density at radius 3 is 2.86 bits per heavy atom. The first kappa shape index (κ1) is 16.6. The molecule has 21 heavy (non-hydrogen) atoms. The van der Waals surface area contributed by atoms with E-state index < -0.39 is 6.10 Å². The van der Waals surface area contributed by atoms with E-state index in [4.69, 9.17) is 4.74 Å². The first-order valence-corrected chi connectivity index (χ1v) is 8.65. The maximum Gasteiger partial charge on any atom is 0.123 e. The van der Waals surface area contributed by atoms with E-state index in [0.717, 1.165) is 5.75 Å². The zero-order chi connectivity index (χ0) is 15.1. The van der Waals surface area contributed by atoms with Gasteiger partial charge in [0.05, 0.1) is 0 Å². The normalized spacial score (nSPS) is 23.2. The maximum absolute atomic E-state index is 12.8. The van der Waals surface area contributed by atoms with Crippen molar-refractivity contribution in [2.45, 2.75) is 43.6 Å². The molecule has 1 aliphatic carbocycles. The van der Waals surface area contributed by atoms with Crippen LogP contribution in [0.25, 0.3) is 0 Å². The molecule has 0 amide bonds. The molecule has 1 fully saturated rings. The minimum absolute atomic E-state index is 0.219. The molecule has 0 spiro atoms. The van der Waals surface area contributed by atoms with Crippen molar-refractivity contribution < 1.29 is 14.2 Å². The van der Waals surface area contributed by atoms with Crippen LogP contribution in [0, 0.1) is 5.82 Å². The molecule has 1 saturated carbocycles. The quantitative estimate of drug-likeness (QED) is 0.774. The van der Waals surface area contributed by atoms with Crippen LogP contribution < -0.4 is 10.1 Å². The molecule has 0 bridgehead atoms. The summed E-state index contributed by atoms with van der Waals surface area (Å²) in [5.74, 6) is 1.43. The summed E-state index contributed by atoms with van der Waals surface area (Å²) in [4.78, 5) is 0. The minimum atomic E-state index is -0.553. The van der Waals surface area contributed by atoms with Gasteiger partial charge in [-0.25, -0.2) is 4.39 Å². The van der Waals surface area contributed by atoms with Crippen molar-refractivity contribution >= 4 is 11.8 Å². The molecule has 3 nitrogen and oxygen atoms in total. The molecule has 5 heteroatoms. The van der Waals surface area contributed by atoms with Crippen molar-refractivity contribution in [1.29, 1.82) is 0 Å². The standard InChI is InChI=1S/C16H24FNO2S/c1-2-21-16-5-3-4-15(16)18-10-13(19)11-20-14-8-6-12(17)7-9-14/h6-9,13,15-16,18-19H,2-5,10-11H2,1H3. The van der Waals surface area contributed by atoms with Crippen LogP contribution in [-0.2, 0) is 0 Å². The number of hydrogen-bond acceptors (Lipinski definition) is 4. The van der Waals surface area contributed by atoms with E-state index >= 15 is 0 Å². The Kier molecular flexibility index (Phi) is 6.80. The molecule has 0 radical (unpaired) electrons. The highest BCUT2D eigenvalue weighted by Gasteiger charge is 2.27. The number of halogens is 1. The molecule has 1 aromatic rings. The fourth-order valence-corrected chi connectivity index (χ4v) is 3.87. The van der Waals surface area contributed by atoms with Crippen LogP contribution in [0.1, 0.15) is 26.2 Å². The molecule has 0 heterocycles. The Morgan fingerprint density at radius 1 is 1.38 bits per heavy atom. The summed E-state index contributed by atoms with van der Waals surface area (Å²) in [6, 6.07) is 6.34. The van der Waals surface area contributed by atoms with E-state index in [1.54, 1.807) is 12.1 Å². The predicted molar refractivity (Wildman–Crippen MR) is 85.5 cm³/mol. The van der Waals surface area contributed by atoms with Crippen LogP contribution in [0.3, 0.4) is 0 Å². The Labute approximate surface area is 130 Å². The number of aliphatic hydroxyl groups excluding tert-OH is 1. The third-order valence-electron chi connectivity index (χ3n) is 3.70. The highest BCUT2D eigenvalue weighted by molar-refractivity contribution is 7.99. The lowest BCUT2D eigenvalue weighted by Crippen LogP contribution is -2.40. The van der Waals surface area contributed by atoms with Crippen molar-refractivity contribution in [1.82, 2.24) is 5.32 Å². The second kappa shape index (κ2) is 8.61. The fourth-order valence-electron chi connectivity index (χ4n) is 2.64. The van der Waals surface area contributed by atoms with Crippen molar-refractivity contribution in [3.8, 4) is 5.75 Å². The van der Waals surface area contributed by atoms with Gasteiger partial charge in [-0.15, -0.1) is 0 Å². The number of rotatable bonds is 8. The summed E-state index contributed by atoms with van der Waals surface area (Å²) in [6.07, 6.45) is 3.15. The van der Waals surface area contributed by atoms with E-state index in [-0.39, 0.29) is 12.4 Å². The highest BCUT2D eigenvalue weighted by atomic mass is 32.2. The van der Waals surface area contributed by atoms with Gasteiger partial charge in [-0.2, -0.15) is 11.8 Å². The molecule has 3 unspecified atom stereocenters. The molecule has 2 N–H and O–H groups in total. The topological polar surface area (TPSA) is 41.5 Å². The van der Waals surface area contributed by atoms with E-state index in [0.29, 0.717) is 23.6 Å². The lowest BCUT2D eigenvalue weighted by Gasteiger charge is -2.22. The van der Waals surface area contributed by atoms with Gasteiger partial charge in [-0.05, 0) is 42.9 Å². The summed E-state index contributed by atoms with van der Waals surface area (Å²) in [6.45, 7) is 2.94. The molecule has 1 aliphatic rings. The summed E-state index contributed by atoms with van der Waals surface area (Å²) in [7, 11) is 0. The average Bonchev–Trinajstić information content (AvgIpc) is 2.92. The molecule has 118 valence electrons. The second-order valence-electron chi connectivity index (χ2n) is 5.36. The van der Waals surface area contributed by atoms with Crippen LogP contribution >= 0.6 is 11.8 Å².